The number of carbonyl (C=O) groups excluding carboxylic acids is 1. The Morgan fingerprint density at radius 3 is 2.17 bits per heavy atom. The van der Waals surface area contributed by atoms with Crippen molar-refractivity contribution in [3.8, 4) is 0 Å². The summed E-state index contributed by atoms with van der Waals surface area (Å²) >= 11 is 0. The summed E-state index contributed by atoms with van der Waals surface area (Å²) in [6, 6.07) is 6.44. The Morgan fingerprint density at radius 2 is 1.61 bits per heavy atom. The summed E-state index contributed by atoms with van der Waals surface area (Å²) < 4.78 is 62.9. The Bertz CT molecular complexity index is 698. The lowest BCUT2D eigenvalue weighted by Gasteiger charge is -2.10. The van der Waals surface area contributed by atoms with Gasteiger partial charge in [-0.1, -0.05) is 12.1 Å². The van der Waals surface area contributed by atoms with Crippen molar-refractivity contribution in [1.29, 1.82) is 0 Å². The van der Waals surface area contributed by atoms with Crippen LogP contribution in [0, 0.1) is 11.6 Å². The van der Waals surface area contributed by atoms with Crippen molar-refractivity contribution in [2.45, 2.75) is 12.7 Å². The standard InChI is InChI=1S/C15H11F5N2O/c16-12-6-5-11(7-13(12)17)22-14(23)21-8-9-1-3-10(4-2-9)15(18,19)20/h1-7H,8H2,(H2,21,22,23). The summed E-state index contributed by atoms with van der Waals surface area (Å²) in [6.07, 6.45) is -4.42. The Kier molecular flexibility index (Phi) is 4.83. The van der Waals surface area contributed by atoms with E-state index in [0.29, 0.717) is 5.56 Å². The van der Waals surface area contributed by atoms with Crippen LogP contribution in [0.25, 0.3) is 0 Å². The number of anilines is 1. The maximum Gasteiger partial charge on any atom is 0.416 e. The minimum Gasteiger partial charge on any atom is -0.334 e. The van der Waals surface area contributed by atoms with E-state index in [-0.39, 0.29) is 12.2 Å². The van der Waals surface area contributed by atoms with E-state index in [2.05, 4.69) is 10.6 Å². The summed E-state index contributed by atoms with van der Waals surface area (Å²) in [4.78, 5) is 11.6. The number of hydrogen-bond acceptors (Lipinski definition) is 1. The molecule has 0 spiro atoms. The fraction of sp³-hybridized carbons (Fsp3) is 0.133. The maximum absolute atomic E-state index is 13.0. The van der Waals surface area contributed by atoms with Gasteiger partial charge in [0.1, 0.15) is 0 Å². The molecule has 0 bridgehead atoms. The number of amides is 2. The fourth-order valence-electron chi connectivity index (χ4n) is 1.74. The molecule has 2 amide bonds. The number of urea groups is 1. The molecule has 2 aromatic carbocycles. The van der Waals surface area contributed by atoms with Crippen LogP contribution >= 0.6 is 0 Å². The van der Waals surface area contributed by atoms with Gasteiger partial charge in [-0.15, -0.1) is 0 Å². The molecule has 2 aromatic rings. The Labute approximate surface area is 128 Å². The number of carbonyl (C=O) groups is 1. The van der Waals surface area contributed by atoms with Gasteiger partial charge in [-0.05, 0) is 29.8 Å². The summed E-state index contributed by atoms with van der Waals surface area (Å²) in [5, 5.41) is 4.67. The predicted octanol–water partition coefficient (Wildman–Crippen LogP) is 4.31. The van der Waals surface area contributed by atoms with E-state index < -0.39 is 29.4 Å². The van der Waals surface area contributed by atoms with E-state index in [4.69, 9.17) is 0 Å². The van der Waals surface area contributed by atoms with Crippen LogP contribution in [0.5, 0.6) is 0 Å². The quantitative estimate of drug-likeness (QED) is 0.809. The zero-order valence-corrected chi connectivity index (χ0v) is 11.5. The van der Waals surface area contributed by atoms with Gasteiger partial charge in [-0.25, -0.2) is 13.6 Å². The monoisotopic (exact) mass is 330 g/mol. The SMILES string of the molecule is O=C(NCc1ccc(C(F)(F)F)cc1)Nc1ccc(F)c(F)c1. The first kappa shape index (κ1) is 16.7. The molecule has 0 heterocycles. The van der Waals surface area contributed by atoms with E-state index in [1.165, 1.54) is 18.2 Å². The summed E-state index contributed by atoms with van der Waals surface area (Å²) in [5.74, 6) is -2.15. The van der Waals surface area contributed by atoms with Gasteiger partial charge in [0.05, 0.1) is 5.56 Å². The van der Waals surface area contributed by atoms with E-state index >= 15 is 0 Å². The topological polar surface area (TPSA) is 41.1 Å². The first-order chi connectivity index (χ1) is 10.8. The molecular weight excluding hydrogens is 319 g/mol. The average molecular weight is 330 g/mol. The lowest BCUT2D eigenvalue weighted by molar-refractivity contribution is -0.137. The fourth-order valence-corrected chi connectivity index (χ4v) is 1.74. The number of halogens is 5. The molecule has 8 heteroatoms. The van der Waals surface area contributed by atoms with Gasteiger partial charge >= 0.3 is 12.2 Å². The molecule has 122 valence electrons. The maximum atomic E-state index is 13.0. The summed E-state index contributed by atoms with van der Waals surface area (Å²) in [6.45, 7) is -0.0202. The summed E-state index contributed by atoms with van der Waals surface area (Å²) in [5.41, 5.74) is -0.278. The molecule has 0 aliphatic heterocycles. The van der Waals surface area contributed by atoms with Crippen LogP contribution in [-0.2, 0) is 12.7 Å². The van der Waals surface area contributed by atoms with E-state index in [0.717, 1.165) is 24.3 Å². The zero-order chi connectivity index (χ0) is 17.0. The number of rotatable bonds is 3. The van der Waals surface area contributed by atoms with Crippen molar-refractivity contribution >= 4 is 11.7 Å². The smallest absolute Gasteiger partial charge is 0.334 e. The highest BCUT2D eigenvalue weighted by atomic mass is 19.4. The summed E-state index contributed by atoms with van der Waals surface area (Å²) in [7, 11) is 0. The van der Waals surface area contributed by atoms with Crippen molar-refractivity contribution in [2.24, 2.45) is 0 Å². The van der Waals surface area contributed by atoms with Crippen molar-refractivity contribution in [3.05, 3.63) is 65.2 Å². The van der Waals surface area contributed by atoms with Gasteiger partial charge in [-0.3, -0.25) is 0 Å². The molecule has 2 N–H and O–H groups in total. The number of hydrogen-bond donors (Lipinski definition) is 2. The van der Waals surface area contributed by atoms with Gasteiger partial charge in [0.25, 0.3) is 0 Å². The van der Waals surface area contributed by atoms with Gasteiger partial charge < -0.3 is 10.6 Å². The number of nitrogens with one attached hydrogen (secondary N) is 2. The van der Waals surface area contributed by atoms with Gasteiger partial charge in [0.2, 0.25) is 0 Å². The second kappa shape index (κ2) is 6.64. The highest BCUT2D eigenvalue weighted by molar-refractivity contribution is 5.89. The highest BCUT2D eigenvalue weighted by Gasteiger charge is 2.29. The Balaban J connectivity index is 1.90. The van der Waals surface area contributed by atoms with Gasteiger partial charge in [0.15, 0.2) is 11.6 Å². The molecule has 0 aromatic heterocycles. The average Bonchev–Trinajstić information content (AvgIpc) is 2.48. The third-order valence-electron chi connectivity index (χ3n) is 2.91. The first-order valence-electron chi connectivity index (χ1n) is 6.42. The minimum absolute atomic E-state index is 0.0202. The second-order valence-electron chi connectivity index (χ2n) is 4.63. The molecule has 0 unspecified atom stereocenters. The van der Waals surface area contributed by atoms with Crippen LogP contribution < -0.4 is 10.6 Å². The van der Waals surface area contributed by atoms with Crippen molar-refractivity contribution in [3.63, 3.8) is 0 Å². The van der Waals surface area contributed by atoms with Crippen LogP contribution in [0.3, 0.4) is 0 Å². The van der Waals surface area contributed by atoms with Gasteiger partial charge in [-0.2, -0.15) is 13.2 Å². The molecule has 0 atom stereocenters. The molecule has 2 rings (SSSR count). The van der Waals surface area contributed by atoms with Crippen LogP contribution in [-0.4, -0.2) is 6.03 Å². The first-order valence-corrected chi connectivity index (χ1v) is 6.42. The van der Waals surface area contributed by atoms with E-state index in [1.807, 2.05) is 0 Å². The molecular formula is C15H11F5N2O. The van der Waals surface area contributed by atoms with E-state index in [1.54, 1.807) is 0 Å². The van der Waals surface area contributed by atoms with Crippen LogP contribution in [0.15, 0.2) is 42.5 Å². The third-order valence-corrected chi connectivity index (χ3v) is 2.91. The molecule has 3 nitrogen and oxygen atoms in total. The van der Waals surface area contributed by atoms with Crippen molar-refractivity contribution in [2.75, 3.05) is 5.32 Å². The molecule has 0 radical (unpaired) electrons. The minimum atomic E-state index is -4.42. The molecule has 0 saturated heterocycles. The number of benzene rings is 2. The normalized spacial score (nSPS) is 11.2. The predicted molar refractivity (Wildman–Crippen MR) is 73.7 cm³/mol. The molecule has 0 aliphatic carbocycles. The zero-order valence-electron chi connectivity index (χ0n) is 11.5. The molecule has 23 heavy (non-hydrogen) atoms. The molecule has 0 saturated carbocycles. The lowest BCUT2D eigenvalue weighted by atomic mass is 10.1. The number of alkyl halides is 3. The highest BCUT2D eigenvalue weighted by Crippen LogP contribution is 2.29. The lowest BCUT2D eigenvalue weighted by Crippen LogP contribution is -2.28. The van der Waals surface area contributed by atoms with Crippen molar-refractivity contribution in [1.82, 2.24) is 5.32 Å². The third kappa shape index (κ3) is 4.67. The second-order valence-corrected chi connectivity index (χ2v) is 4.63. The van der Waals surface area contributed by atoms with Crippen LogP contribution in [0.4, 0.5) is 32.4 Å². The van der Waals surface area contributed by atoms with Crippen LogP contribution in [0.2, 0.25) is 0 Å². The largest absolute Gasteiger partial charge is 0.416 e. The molecule has 0 fully saturated rings. The van der Waals surface area contributed by atoms with Crippen molar-refractivity contribution < 1.29 is 26.7 Å². The Morgan fingerprint density at radius 1 is 0.957 bits per heavy atom. The van der Waals surface area contributed by atoms with Gasteiger partial charge in [0, 0.05) is 18.3 Å². The van der Waals surface area contributed by atoms with E-state index in [9.17, 15) is 26.7 Å². The Hall–Kier alpha value is -2.64. The van der Waals surface area contributed by atoms with Crippen LogP contribution in [0.1, 0.15) is 11.1 Å². The molecule has 0 aliphatic rings.